The molecule has 1 aromatic heterocycles. The summed E-state index contributed by atoms with van der Waals surface area (Å²) >= 11 is 0. The van der Waals surface area contributed by atoms with Crippen molar-refractivity contribution in [1.82, 2.24) is 25.5 Å². The molecular weight excluding hydrogens is 308 g/mol. The number of carbonyl (C=O) groups excluding carboxylic acids is 1. The maximum atomic E-state index is 12.3. The van der Waals surface area contributed by atoms with Crippen molar-refractivity contribution in [2.45, 2.75) is 19.1 Å². The minimum atomic E-state index is -0.351. The van der Waals surface area contributed by atoms with Gasteiger partial charge in [-0.2, -0.15) is 0 Å². The molecule has 0 spiro atoms. The third-order valence-corrected chi connectivity index (χ3v) is 3.33. The molecule has 0 bridgehead atoms. The monoisotopic (exact) mass is 324 g/mol. The van der Waals surface area contributed by atoms with E-state index in [4.69, 9.17) is 4.74 Å². The highest BCUT2D eigenvalue weighted by atomic mass is 35.5. The van der Waals surface area contributed by atoms with Crippen LogP contribution in [-0.2, 0) is 9.53 Å². The van der Waals surface area contributed by atoms with Crippen LogP contribution in [0, 0.1) is 0 Å². The van der Waals surface area contributed by atoms with Gasteiger partial charge in [-0.1, -0.05) is 6.07 Å². The number of carbonyl (C=O) groups is 1. The van der Waals surface area contributed by atoms with Gasteiger partial charge in [0.1, 0.15) is 12.4 Å². The van der Waals surface area contributed by atoms with E-state index in [2.05, 4.69) is 26.2 Å². The predicted molar refractivity (Wildman–Crippen MR) is 82.2 cm³/mol. The van der Waals surface area contributed by atoms with E-state index in [0.29, 0.717) is 18.8 Å². The first-order valence-electron chi connectivity index (χ1n) is 6.73. The molecule has 1 amide bonds. The third kappa shape index (κ3) is 3.59. The van der Waals surface area contributed by atoms with Crippen molar-refractivity contribution in [3.05, 3.63) is 30.6 Å². The summed E-state index contributed by atoms with van der Waals surface area (Å²) in [5, 5.41) is 17.0. The predicted octanol–water partition coefficient (Wildman–Crippen LogP) is 0.399. The average Bonchev–Trinajstić information content (AvgIpc) is 3.02. The molecule has 2 heterocycles. The number of morpholine rings is 1. The summed E-state index contributed by atoms with van der Waals surface area (Å²) in [5.74, 6) is -0.115. The van der Waals surface area contributed by atoms with Crippen LogP contribution in [-0.4, -0.2) is 51.4 Å². The molecule has 1 fully saturated rings. The number of nitrogens with one attached hydrogen (secondary N) is 2. The van der Waals surface area contributed by atoms with E-state index >= 15 is 0 Å². The molecule has 9 heteroatoms. The van der Waals surface area contributed by atoms with Gasteiger partial charge in [-0.15, -0.1) is 17.5 Å². The molecule has 2 N–H and O–H groups in total. The molecule has 0 radical (unpaired) electrons. The van der Waals surface area contributed by atoms with Crippen LogP contribution in [0.3, 0.4) is 0 Å². The van der Waals surface area contributed by atoms with E-state index in [1.165, 1.54) is 11.0 Å². The summed E-state index contributed by atoms with van der Waals surface area (Å²) in [6.45, 7) is 3.18. The zero-order valence-electron chi connectivity index (χ0n) is 12.0. The minimum absolute atomic E-state index is 0. The summed E-state index contributed by atoms with van der Waals surface area (Å²) in [7, 11) is 0. The van der Waals surface area contributed by atoms with E-state index in [-0.39, 0.29) is 30.5 Å². The van der Waals surface area contributed by atoms with Crippen LogP contribution in [0.1, 0.15) is 6.92 Å². The number of nitrogens with zero attached hydrogens (tertiary/aromatic N) is 4. The number of halogens is 1. The van der Waals surface area contributed by atoms with Gasteiger partial charge in [-0.05, 0) is 35.5 Å². The second kappa shape index (κ2) is 7.30. The normalized spacial score (nSPS) is 21.0. The Bertz CT molecular complexity index is 621. The van der Waals surface area contributed by atoms with Gasteiger partial charge in [-0.25, -0.2) is 4.68 Å². The highest BCUT2D eigenvalue weighted by molar-refractivity contribution is 5.95. The highest BCUT2D eigenvalue weighted by Gasteiger charge is 2.28. The zero-order chi connectivity index (χ0) is 14.7. The van der Waals surface area contributed by atoms with Crippen molar-refractivity contribution in [3.63, 3.8) is 0 Å². The summed E-state index contributed by atoms with van der Waals surface area (Å²) in [4.78, 5) is 12.3. The zero-order valence-corrected chi connectivity index (χ0v) is 12.8. The topological polar surface area (TPSA) is 94.0 Å². The Morgan fingerprint density at radius 3 is 3.09 bits per heavy atom. The Hall–Kier alpha value is -2.03. The first-order valence-corrected chi connectivity index (χ1v) is 6.73. The van der Waals surface area contributed by atoms with Gasteiger partial charge in [0.15, 0.2) is 0 Å². The minimum Gasteiger partial charge on any atom is -0.375 e. The number of benzene rings is 1. The van der Waals surface area contributed by atoms with E-state index in [1.54, 1.807) is 0 Å². The fourth-order valence-electron chi connectivity index (χ4n) is 2.25. The molecule has 3 rings (SSSR count). The number of aromatic nitrogens is 4. The molecule has 0 aliphatic carbocycles. The lowest BCUT2D eigenvalue weighted by Crippen LogP contribution is -2.53. The van der Waals surface area contributed by atoms with E-state index in [9.17, 15) is 4.79 Å². The molecule has 1 saturated heterocycles. The second-order valence-electron chi connectivity index (χ2n) is 4.80. The van der Waals surface area contributed by atoms with Crippen molar-refractivity contribution in [2.24, 2.45) is 0 Å². The number of ether oxygens (including phenoxy) is 1. The highest BCUT2D eigenvalue weighted by Crippen LogP contribution is 2.14. The molecule has 1 aliphatic rings. The number of anilines is 1. The molecule has 8 nitrogen and oxygen atoms in total. The van der Waals surface area contributed by atoms with Gasteiger partial charge in [0.05, 0.1) is 18.4 Å². The van der Waals surface area contributed by atoms with E-state index < -0.39 is 0 Å². The Labute approximate surface area is 133 Å². The maximum Gasteiger partial charge on any atom is 0.244 e. The molecule has 1 aliphatic heterocycles. The van der Waals surface area contributed by atoms with Crippen molar-refractivity contribution >= 4 is 24.0 Å². The van der Waals surface area contributed by atoms with Crippen LogP contribution in [0.25, 0.3) is 5.69 Å². The molecule has 0 saturated carbocycles. The lowest BCUT2D eigenvalue weighted by molar-refractivity contribution is -0.123. The number of amides is 1. The van der Waals surface area contributed by atoms with Gasteiger partial charge in [0, 0.05) is 12.2 Å². The maximum absolute atomic E-state index is 12.3. The largest absolute Gasteiger partial charge is 0.375 e. The fraction of sp³-hybridized carbons (Fsp3) is 0.385. The van der Waals surface area contributed by atoms with Crippen molar-refractivity contribution in [2.75, 3.05) is 18.5 Å². The Kier molecular flexibility index (Phi) is 5.42. The molecule has 0 unspecified atom stereocenters. The molecule has 22 heavy (non-hydrogen) atoms. The van der Waals surface area contributed by atoms with Gasteiger partial charge in [0.25, 0.3) is 0 Å². The fourth-order valence-corrected chi connectivity index (χ4v) is 2.25. The Morgan fingerprint density at radius 2 is 2.36 bits per heavy atom. The van der Waals surface area contributed by atoms with Crippen LogP contribution < -0.4 is 10.6 Å². The van der Waals surface area contributed by atoms with Gasteiger partial charge in [0.2, 0.25) is 5.91 Å². The van der Waals surface area contributed by atoms with Gasteiger partial charge >= 0.3 is 0 Å². The number of tetrazole rings is 1. The molecular formula is C13H17ClN6O2. The van der Waals surface area contributed by atoms with Crippen molar-refractivity contribution < 1.29 is 9.53 Å². The standard InChI is InChI=1S/C13H16N6O2.ClH/c1-9-12(14-5-6-21-9)13(20)16-10-3-2-4-11(7-10)19-8-15-17-18-19;/h2-4,7-9,12,14H,5-6H2,1H3,(H,16,20);1H/t9-,12+;/m1./s1. The summed E-state index contributed by atoms with van der Waals surface area (Å²) in [6, 6.07) is 6.97. The van der Waals surface area contributed by atoms with Gasteiger partial charge < -0.3 is 15.4 Å². The van der Waals surface area contributed by atoms with Crippen molar-refractivity contribution in [1.29, 1.82) is 0 Å². The third-order valence-electron chi connectivity index (χ3n) is 3.33. The molecule has 2 atom stereocenters. The molecule has 118 valence electrons. The van der Waals surface area contributed by atoms with Crippen LogP contribution in [0.5, 0.6) is 0 Å². The van der Waals surface area contributed by atoms with E-state index in [1.807, 2.05) is 31.2 Å². The smallest absolute Gasteiger partial charge is 0.244 e. The summed E-state index contributed by atoms with van der Waals surface area (Å²) < 4.78 is 7.01. The van der Waals surface area contributed by atoms with Crippen LogP contribution in [0.4, 0.5) is 5.69 Å². The average molecular weight is 325 g/mol. The second-order valence-corrected chi connectivity index (χ2v) is 4.80. The SMILES string of the molecule is C[C@H]1OCCN[C@@H]1C(=O)Nc1cccc(-n2cnnn2)c1.Cl. The molecule has 1 aromatic carbocycles. The van der Waals surface area contributed by atoms with Crippen LogP contribution in [0.15, 0.2) is 30.6 Å². The Morgan fingerprint density at radius 1 is 1.50 bits per heavy atom. The van der Waals surface area contributed by atoms with Crippen molar-refractivity contribution in [3.8, 4) is 5.69 Å². The first-order chi connectivity index (χ1) is 10.2. The lowest BCUT2D eigenvalue weighted by Gasteiger charge is -2.29. The quantitative estimate of drug-likeness (QED) is 0.849. The van der Waals surface area contributed by atoms with Gasteiger partial charge in [-0.3, -0.25) is 4.79 Å². The first kappa shape index (κ1) is 16.3. The number of hydrogen-bond donors (Lipinski definition) is 2. The van der Waals surface area contributed by atoms with Crippen LogP contribution in [0.2, 0.25) is 0 Å². The number of hydrogen-bond acceptors (Lipinski definition) is 6. The van der Waals surface area contributed by atoms with Crippen LogP contribution >= 0.6 is 12.4 Å². The molecule has 2 aromatic rings. The number of rotatable bonds is 3. The lowest BCUT2D eigenvalue weighted by atomic mass is 10.1. The summed E-state index contributed by atoms with van der Waals surface area (Å²) in [5.41, 5.74) is 1.46. The van der Waals surface area contributed by atoms with E-state index in [0.717, 1.165) is 5.69 Å². The Balaban J connectivity index is 0.00000176. The summed E-state index contributed by atoms with van der Waals surface area (Å²) in [6.07, 6.45) is 1.35.